The summed E-state index contributed by atoms with van der Waals surface area (Å²) in [6.45, 7) is 4.20. The van der Waals surface area contributed by atoms with E-state index in [1.54, 1.807) is 0 Å². The number of carbonyl (C=O) groups excluding carboxylic acids is 1. The van der Waals surface area contributed by atoms with Crippen LogP contribution in [0.3, 0.4) is 0 Å². The van der Waals surface area contributed by atoms with Crippen LogP contribution in [0.4, 0.5) is 5.69 Å². The van der Waals surface area contributed by atoms with Crippen LogP contribution in [0.2, 0.25) is 0 Å². The predicted molar refractivity (Wildman–Crippen MR) is 62.1 cm³/mol. The molecule has 0 radical (unpaired) electrons. The SMILES string of the molecule is CCCCC1C(=O)Nc2cc(C)ccc21. The van der Waals surface area contributed by atoms with Crippen LogP contribution in [0, 0.1) is 6.92 Å². The summed E-state index contributed by atoms with van der Waals surface area (Å²) < 4.78 is 0. The van der Waals surface area contributed by atoms with E-state index in [0.717, 1.165) is 24.9 Å². The Balaban J connectivity index is 2.25. The molecule has 0 fully saturated rings. The van der Waals surface area contributed by atoms with Crippen molar-refractivity contribution in [2.24, 2.45) is 0 Å². The summed E-state index contributed by atoms with van der Waals surface area (Å²) in [6, 6.07) is 6.22. The van der Waals surface area contributed by atoms with E-state index in [-0.39, 0.29) is 11.8 Å². The van der Waals surface area contributed by atoms with Crippen LogP contribution in [0.1, 0.15) is 43.2 Å². The van der Waals surface area contributed by atoms with Crippen molar-refractivity contribution < 1.29 is 4.79 Å². The number of hydrogen-bond acceptors (Lipinski definition) is 1. The second kappa shape index (κ2) is 4.05. The number of amides is 1. The quantitative estimate of drug-likeness (QED) is 0.803. The Morgan fingerprint density at radius 3 is 2.93 bits per heavy atom. The number of nitrogens with one attached hydrogen (secondary N) is 1. The van der Waals surface area contributed by atoms with E-state index in [0.29, 0.717) is 0 Å². The minimum Gasteiger partial charge on any atom is -0.325 e. The molecule has 1 amide bonds. The molecule has 0 aromatic heterocycles. The van der Waals surface area contributed by atoms with Gasteiger partial charge in [0.05, 0.1) is 5.92 Å². The van der Waals surface area contributed by atoms with Crippen molar-refractivity contribution in [1.29, 1.82) is 0 Å². The minimum atomic E-state index is 0.0838. The van der Waals surface area contributed by atoms with Gasteiger partial charge in [-0.1, -0.05) is 31.9 Å². The van der Waals surface area contributed by atoms with E-state index in [1.165, 1.54) is 11.1 Å². The van der Waals surface area contributed by atoms with Gasteiger partial charge >= 0.3 is 0 Å². The number of rotatable bonds is 3. The molecule has 15 heavy (non-hydrogen) atoms. The number of benzene rings is 1. The third-order valence-electron chi connectivity index (χ3n) is 3.00. The first-order chi connectivity index (χ1) is 7.22. The first-order valence-corrected chi connectivity index (χ1v) is 5.63. The van der Waals surface area contributed by atoms with Gasteiger partial charge in [-0.05, 0) is 30.5 Å². The summed E-state index contributed by atoms with van der Waals surface area (Å²) in [6.07, 6.45) is 3.23. The smallest absolute Gasteiger partial charge is 0.232 e. The van der Waals surface area contributed by atoms with E-state index in [4.69, 9.17) is 0 Å². The molecule has 0 spiro atoms. The van der Waals surface area contributed by atoms with Gasteiger partial charge in [0.25, 0.3) is 0 Å². The molecule has 1 atom stereocenters. The van der Waals surface area contributed by atoms with E-state index < -0.39 is 0 Å². The molecule has 1 unspecified atom stereocenters. The normalized spacial score (nSPS) is 18.8. The largest absolute Gasteiger partial charge is 0.325 e. The van der Waals surface area contributed by atoms with Gasteiger partial charge in [-0.25, -0.2) is 0 Å². The fourth-order valence-electron chi connectivity index (χ4n) is 2.14. The van der Waals surface area contributed by atoms with Gasteiger partial charge in [-0.15, -0.1) is 0 Å². The van der Waals surface area contributed by atoms with Crippen molar-refractivity contribution in [1.82, 2.24) is 0 Å². The average Bonchev–Trinajstić information content (AvgIpc) is 2.50. The summed E-state index contributed by atoms with van der Waals surface area (Å²) in [5.74, 6) is 0.254. The van der Waals surface area contributed by atoms with Gasteiger partial charge < -0.3 is 5.32 Å². The monoisotopic (exact) mass is 203 g/mol. The van der Waals surface area contributed by atoms with Gasteiger partial charge in [0.15, 0.2) is 0 Å². The Morgan fingerprint density at radius 2 is 2.20 bits per heavy atom. The van der Waals surface area contributed by atoms with Crippen LogP contribution in [-0.4, -0.2) is 5.91 Å². The lowest BCUT2D eigenvalue weighted by molar-refractivity contribution is -0.117. The molecule has 0 bridgehead atoms. The number of aryl methyl sites for hydroxylation is 1. The zero-order chi connectivity index (χ0) is 10.8. The number of carbonyl (C=O) groups is 1. The van der Waals surface area contributed by atoms with E-state index in [9.17, 15) is 4.79 Å². The average molecular weight is 203 g/mol. The van der Waals surface area contributed by atoms with Crippen molar-refractivity contribution >= 4 is 11.6 Å². The highest BCUT2D eigenvalue weighted by atomic mass is 16.2. The van der Waals surface area contributed by atoms with Crippen LogP contribution >= 0.6 is 0 Å². The van der Waals surface area contributed by atoms with Crippen molar-refractivity contribution in [3.63, 3.8) is 0 Å². The predicted octanol–water partition coefficient (Wildman–Crippen LogP) is 3.22. The third kappa shape index (κ3) is 1.89. The maximum Gasteiger partial charge on any atom is 0.232 e. The Hall–Kier alpha value is -1.31. The number of unbranched alkanes of at least 4 members (excludes halogenated alkanes) is 1. The van der Waals surface area contributed by atoms with Crippen molar-refractivity contribution in [2.45, 2.75) is 39.0 Å². The molecule has 0 saturated carbocycles. The molecule has 0 aliphatic carbocycles. The maximum atomic E-state index is 11.7. The number of fused-ring (bicyclic) bond motifs is 1. The molecule has 1 heterocycles. The molecule has 2 heteroatoms. The fourth-order valence-corrected chi connectivity index (χ4v) is 2.14. The lowest BCUT2D eigenvalue weighted by atomic mass is 9.94. The van der Waals surface area contributed by atoms with E-state index >= 15 is 0 Å². The van der Waals surface area contributed by atoms with Crippen molar-refractivity contribution in [3.8, 4) is 0 Å². The molecule has 1 N–H and O–H groups in total. The molecule has 1 aliphatic heterocycles. The molecular weight excluding hydrogens is 186 g/mol. The Bertz CT molecular complexity index is 384. The molecular formula is C13H17NO. The second-order valence-corrected chi connectivity index (χ2v) is 4.27. The van der Waals surface area contributed by atoms with Crippen molar-refractivity contribution in [2.75, 3.05) is 5.32 Å². The standard InChI is InChI=1S/C13H17NO/c1-3-4-5-11-10-7-6-9(2)8-12(10)14-13(11)15/h6-8,11H,3-5H2,1-2H3,(H,14,15). The highest BCUT2D eigenvalue weighted by Crippen LogP contribution is 2.35. The summed E-state index contributed by atoms with van der Waals surface area (Å²) >= 11 is 0. The number of anilines is 1. The molecule has 2 nitrogen and oxygen atoms in total. The highest BCUT2D eigenvalue weighted by molar-refractivity contribution is 6.02. The molecule has 80 valence electrons. The van der Waals surface area contributed by atoms with Crippen LogP contribution in [-0.2, 0) is 4.79 Å². The topological polar surface area (TPSA) is 29.1 Å². The van der Waals surface area contributed by atoms with Crippen LogP contribution in [0.15, 0.2) is 18.2 Å². The Labute approximate surface area is 90.7 Å². The lowest BCUT2D eigenvalue weighted by Gasteiger charge is -2.07. The Kier molecular flexibility index (Phi) is 2.76. The summed E-state index contributed by atoms with van der Waals surface area (Å²) in [5.41, 5.74) is 3.39. The van der Waals surface area contributed by atoms with Gasteiger partial charge in [0.2, 0.25) is 5.91 Å². The Morgan fingerprint density at radius 1 is 1.40 bits per heavy atom. The molecule has 0 saturated heterocycles. The molecule has 1 aromatic carbocycles. The molecule has 1 aliphatic rings. The summed E-state index contributed by atoms with van der Waals surface area (Å²) in [7, 11) is 0. The van der Waals surface area contributed by atoms with Crippen LogP contribution in [0.5, 0.6) is 0 Å². The molecule has 1 aromatic rings. The van der Waals surface area contributed by atoms with Gasteiger partial charge in [0, 0.05) is 5.69 Å². The summed E-state index contributed by atoms with van der Waals surface area (Å²) in [5, 5.41) is 2.96. The van der Waals surface area contributed by atoms with Crippen molar-refractivity contribution in [3.05, 3.63) is 29.3 Å². The summed E-state index contributed by atoms with van der Waals surface area (Å²) in [4.78, 5) is 11.7. The van der Waals surface area contributed by atoms with Gasteiger partial charge in [0.1, 0.15) is 0 Å². The zero-order valence-electron chi connectivity index (χ0n) is 9.34. The second-order valence-electron chi connectivity index (χ2n) is 4.27. The fraction of sp³-hybridized carbons (Fsp3) is 0.462. The van der Waals surface area contributed by atoms with Gasteiger partial charge in [-0.3, -0.25) is 4.79 Å². The van der Waals surface area contributed by atoms with E-state index in [1.807, 2.05) is 6.92 Å². The third-order valence-corrected chi connectivity index (χ3v) is 3.00. The molecule has 2 rings (SSSR count). The first-order valence-electron chi connectivity index (χ1n) is 5.63. The lowest BCUT2D eigenvalue weighted by Crippen LogP contribution is -2.11. The van der Waals surface area contributed by atoms with E-state index in [2.05, 4.69) is 30.4 Å². The number of hydrogen-bond donors (Lipinski definition) is 1. The zero-order valence-corrected chi connectivity index (χ0v) is 9.34. The maximum absolute atomic E-state index is 11.7. The van der Waals surface area contributed by atoms with Crippen LogP contribution in [0.25, 0.3) is 0 Å². The minimum absolute atomic E-state index is 0.0838. The van der Waals surface area contributed by atoms with Gasteiger partial charge in [-0.2, -0.15) is 0 Å². The van der Waals surface area contributed by atoms with Crippen LogP contribution < -0.4 is 5.32 Å². The first kappa shape index (κ1) is 10.2. The highest BCUT2D eigenvalue weighted by Gasteiger charge is 2.29.